The summed E-state index contributed by atoms with van der Waals surface area (Å²) in [5, 5.41) is 23.0. The zero-order valence-electron chi connectivity index (χ0n) is 12.2. The van der Waals surface area contributed by atoms with Crippen LogP contribution < -0.4 is 5.32 Å². The fraction of sp³-hybridized carbons (Fsp3) is 0.538. The molecule has 7 heteroatoms. The van der Waals surface area contributed by atoms with Crippen LogP contribution in [0.5, 0.6) is 0 Å². The van der Waals surface area contributed by atoms with Gasteiger partial charge in [-0.25, -0.2) is 4.98 Å². The molecule has 0 fully saturated rings. The van der Waals surface area contributed by atoms with Crippen molar-refractivity contribution in [1.82, 2.24) is 9.88 Å². The second kappa shape index (κ2) is 6.30. The van der Waals surface area contributed by atoms with Crippen LogP contribution in [0.25, 0.3) is 0 Å². The van der Waals surface area contributed by atoms with Crippen LogP contribution in [0.2, 0.25) is 0 Å². The van der Waals surface area contributed by atoms with Gasteiger partial charge < -0.3 is 10.2 Å². The largest absolute Gasteiger partial charge is 0.364 e. The van der Waals surface area contributed by atoms with Gasteiger partial charge in [0.05, 0.1) is 4.92 Å². The molecule has 0 aliphatic rings. The van der Waals surface area contributed by atoms with Crippen molar-refractivity contribution in [3.8, 4) is 6.07 Å². The Morgan fingerprint density at radius 3 is 2.70 bits per heavy atom. The van der Waals surface area contributed by atoms with Gasteiger partial charge in [-0.2, -0.15) is 5.26 Å². The molecule has 0 amide bonds. The molecular formula is C13H19N5O2. The lowest BCUT2D eigenvalue weighted by atomic mass is 9.93. The number of nitriles is 1. The van der Waals surface area contributed by atoms with E-state index < -0.39 is 4.92 Å². The monoisotopic (exact) mass is 277 g/mol. The predicted octanol–water partition coefficient (Wildman–Crippen LogP) is 1.86. The van der Waals surface area contributed by atoms with Crippen LogP contribution in [-0.2, 0) is 0 Å². The normalized spacial score (nSPS) is 11.2. The van der Waals surface area contributed by atoms with Crippen molar-refractivity contribution in [3.05, 3.63) is 27.9 Å². The van der Waals surface area contributed by atoms with Gasteiger partial charge in [-0.05, 0) is 25.6 Å². The highest BCUT2D eigenvalue weighted by atomic mass is 16.6. The van der Waals surface area contributed by atoms with Crippen LogP contribution in [-0.4, -0.2) is 42.0 Å². The van der Waals surface area contributed by atoms with Crippen molar-refractivity contribution in [2.75, 3.05) is 32.5 Å². The molecule has 0 aliphatic heterocycles. The topological polar surface area (TPSA) is 95.1 Å². The molecule has 1 rings (SSSR count). The Balaban J connectivity index is 2.94. The van der Waals surface area contributed by atoms with Crippen molar-refractivity contribution in [1.29, 1.82) is 5.26 Å². The molecule has 0 aromatic carbocycles. The molecule has 1 heterocycles. The van der Waals surface area contributed by atoms with Crippen molar-refractivity contribution in [2.45, 2.75) is 13.8 Å². The summed E-state index contributed by atoms with van der Waals surface area (Å²) in [7, 11) is 3.94. The van der Waals surface area contributed by atoms with Crippen LogP contribution in [0.15, 0.2) is 12.3 Å². The standard InChI is InChI=1S/C13H19N5O2/c1-13(2,9-17(3)4)8-16-12-11(18(19)20)10(7-14)5-6-15-12/h5-6H,8-9H2,1-4H3,(H,15,16). The summed E-state index contributed by atoms with van der Waals surface area (Å²) >= 11 is 0. The number of anilines is 1. The third-order valence-electron chi connectivity index (χ3n) is 2.71. The van der Waals surface area contributed by atoms with Gasteiger partial charge in [0, 0.05) is 19.3 Å². The Labute approximate surface area is 118 Å². The van der Waals surface area contributed by atoms with Crippen LogP contribution >= 0.6 is 0 Å². The van der Waals surface area contributed by atoms with Gasteiger partial charge in [-0.1, -0.05) is 13.8 Å². The first kappa shape index (κ1) is 15.9. The molecule has 0 unspecified atom stereocenters. The van der Waals surface area contributed by atoms with Crippen LogP contribution in [0.4, 0.5) is 11.5 Å². The lowest BCUT2D eigenvalue weighted by Gasteiger charge is -2.28. The molecule has 0 bridgehead atoms. The number of hydrogen-bond acceptors (Lipinski definition) is 6. The molecule has 0 spiro atoms. The molecule has 0 radical (unpaired) electrons. The summed E-state index contributed by atoms with van der Waals surface area (Å²) in [6.45, 7) is 5.46. The van der Waals surface area contributed by atoms with Crippen LogP contribution in [0.1, 0.15) is 19.4 Å². The minimum atomic E-state index is -0.577. The third kappa shape index (κ3) is 4.17. The first-order valence-electron chi connectivity index (χ1n) is 6.19. The van der Waals surface area contributed by atoms with Gasteiger partial charge in [-0.3, -0.25) is 10.1 Å². The first-order chi connectivity index (χ1) is 9.26. The van der Waals surface area contributed by atoms with Gasteiger partial charge in [0.2, 0.25) is 5.82 Å². The fourth-order valence-electron chi connectivity index (χ4n) is 2.09. The summed E-state index contributed by atoms with van der Waals surface area (Å²) in [4.78, 5) is 16.5. The number of nitrogens with zero attached hydrogens (tertiary/aromatic N) is 4. The number of aromatic nitrogens is 1. The molecule has 0 aliphatic carbocycles. The zero-order valence-corrected chi connectivity index (χ0v) is 12.2. The van der Waals surface area contributed by atoms with Crippen LogP contribution in [0, 0.1) is 26.9 Å². The molecule has 1 aromatic rings. The van der Waals surface area contributed by atoms with E-state index in [0.717, 1.165) is 6.54 Å². The molecule has 1 N–H and O–H groups in total. The van der Waals surface area contributed by atoms with Crippen molar-refractivity contribution >= 4 is 11.5 Å². The van der Waals surface area contributed by atoms with E-state index in [1.54, 1.807) is 0 Å². The third-order valence-corrected chi connectivity index (χ3v) is 2.71. The molecule has 108 valence electrons. The second-order valence-corrected chi connectivity index (χ2v) is 5.68. The first-order valence-corrected chi connectivity index (χ1v) is 6.19. The van der Waals surface area contributed by atoms with E-state index >= 15 is 0 Å². The van der Waals surface area contributed by atoms with Gasteiger partial charge in [0.1, 0.15) is 11.6 Å². The quantitative estimate of drug-likeness (QED) is 0.630. The summed E-state index contributed by atoms with van der Waals surface area (Å²) < 4.78 is 0. The highest BCUT2D eigenvalue weighted by Gasteiger charge is 2.24. The molecule has 0 saturated heterocycles. The minimum Gasteiger partial charge on any atom is -0.364 e. The summed E-state index contributed by atoms with van der Waals surface area (Å²) in [6.07, 6.45) is 1.40. The SMILES string of the molecule is CN(C)CC(C)(C)CNc1nccc(C#N)c1[N+](=O)[O-]. The average Bonchev–Trinajstić information content (AvgIpc) is 2.34. The molecule has 20 heavy (non-hydrogen) atoms. The number of nitro groups is 1. The highest BCUT2D eigenvalue weighted by Crippen LogP contribution is 2.27. The smallest absolute Gasteiger partial charge is 0.328 e. The number of nitrogens with one attached hydrogen (secondary N) is 1. The molecule has 7 nitrogen and oxygen atoms in total. The van der Waals surface area contributed by atoms with E-state index in [1.807, 2.05) is 20.2 Å². The molecule has 0 atom stereocenters. The van der Waals surface area contributed by atoms with E-state index in [2.05, 4.69) is 29.0 Å². The van der Waals surface area contributed by atoms with E-state index in [0.29, 0.717) is 6.54 Å². The van der Waals surface area contributed by atoms with E-state index in [4.69, 9.17) is 5.26 Å². The average molecular weight is 277 g/mol. The maximum atomic E-state index is 11.1. The van der Waals surface area contributed by atoms with Gasteiger partial charge in [-0.15, -0.1) is 0 Å². The maximum absolute atomic E-state index is 11.1. The van der Waals surface area contributed by atoms with Crippen molar-refractivity contribution in [3.63, 3.8) is 0 Å². The van der Waals surface area contributed by atoms with Crippen molar-refractivity contribution < 1.29 is 4.92 Å². The van der Waals surface area contributed by atoms with E-state index in [1.165, 1.54) is 12.3 Å². The molecular weight excluding hydrogens is 258 g/mol. The minimum absolute atomic E-state index is 0.0120. The van der Waals surface area contributed by atoms with E-state index in [9.17, 15) is 10.1 Å². The Bertz CT molecular complexity index is 534. The number of rotatable bonds is 6. The Kier molecular flexibility index (Phi) is 5.00. The summed E-state index contributed by atoms with van der Waals surface area (Å²) in [6, 6.07) is 3.16. The van der Waals surface area contributed by atoms with E-state index in [-0.39, 0.29) is 22.5 Å². The molecule has 0 saturated carbocycles. The molecule has 1 aromatic heterocycles. The Morgan fingerprint density at radius 2 is 2.20 bits per heavy atom. The Hall–Kier alpha value is -2.20. The summed E-state index contributed by atoms with van der Waals surface area (Å²) in [5.74, 6) is 0.140. The highest BCUT2D eigenvalue weighted by molar-refractivity contribution is 5.64. The maximum Gasteiger partial charge on any atom is 0.328 e. The number of hydrogen-bond donors (Lipinski definition) is 1. The van der Waals surface area contributed by atoms with Crippen LogP contribution in [0.3, 0.4) is 0 Å². The Morgan fingerprint density at radius 1 is 1.55 bits per heavy atom. The van der Waals surface area contributed by atoms with Gasteiger partial charge in [0.25, 0.3) is 0 Å². The lowest BCUT2D eigenvalue weighted by molar-refractivity contribution is -0.384. The predicted molar refractivity (Wildman–Crippen MR) is 76.4 cm³/mol. The van der Waals surface area contributed by atoms with Crippen molar-refractivity contribution in [2.24, 2.45) is 5.41 Å². The number of pyridine rings is 1. The summed E-state index contributed by atoms with van der Waals surface area (Å²) in [5.41, 5.74) is -0.338. The van der Waals surface area contributed by atoms with Gasteiger partial charge in [0.15, 0.2) is 0 Å². The second-order valence-electron chi connectivity index (χ2n) is 5.68. The fourth-order valence-corrected chi connectivity index (χ4v) is 2.09. The zero-order chi connectivity index (χ0) is 15.3. The van der Waals surface area contributed by atoms with Gasteiger partial charge >= 0.3 is 5.69 Å². The lowest BCUT2D eigenvalue weighted by Crippen LogP contribution is -2.34.